The molecule has 1 saturated heterocycles. The SMILES string of the molecule is CCN(CC)C(=O)c1ccc(N(c2cccc(CNC)c2)C2CCN(Cc3ccccc3)CC2)cc1. The molecule has 5 heteroatoms. The van der Waals surface area contributed by atoms with Crippen LogP contribution in [0.3, 0.4) is 0 Å². The van der Waals surface area contributed by atoms with Crippen LogP contribution >= 0.6 is 0 Å². The number of carbonyl (C=O) groups is 1. The minimum absolute atomic E-state index is 0.100. The van der Waals surface area contributed by atoms with Crippen molar-refractivity contribution in [2.24, 2.45) is 0 Å². The van der Waals surface area contributed by atoms with Crippen LogP contribution in [0.4, 0.5) is 11.4 Å². The molecule has 3 aromatic rings. The van der Waals surface area contributed by atoms with Gasteiger partial charge >= 0.3 is 0 Å². The highest BCUT2D eigenvalue weighted by molar-refractivity contribution is 5.94. The maximum Gasteiger partial charge on any atom is 0.253 e. The summed E-state index contributed by atoms with van der Waals surface area (Å²) in [5.41, 5.74) is 5.76. The molecule has 0 saturated carbocycles. The number of nitrogens with one attached hydrogen (secondary N) is 1. The van der Waals surface area contributed by atoms with Gasteiger partial charge in [-0.2, -0.15) is 0 Å². The average Bonchev–Trinajstić information content (AvgIpc) is 2.92. The van der Waals surface area contributed by atoms with Gasteiger partial charge in [-0.25, -0.2) is 0 Å². The van der Waals surface area contributed by atoms with E-state index in [1.165, 1.54) is 16.8 Å². The Balaban J connectivity index is 1.56. The van der Waals surface area contributed by atoms with Gasteiger partial charge in [0.2, 0.25) is 0 Å². The molecule has 1 aliphatic rings. The van der Waals surface area contributed by atoms with Gasteiger partial charge < -0.3 is 15.1 Å². The van der Waals surface area contributed by atoms with E-state index in [1.54, 1.807) is 0 Å². The van der Waals surface area contributed by atoms with E-state index in [0.717, 1.165) is 63.4 Å². The molecular formula is C31H40N4O. The number of nitrogens with zero attached hydrogens (tertiary/aromatic N) is 3. The third kappa shape index (κ3) is 6.34. The first kappa shape index (κ1) is 25.9. The molecule has 5 nitrogen and oxygen atoms in total. The standard InChI is InChI=1S/C31H40N4O/c1-4-34(5-2)31(36)27-14-16-28(17-15-27)35(30-13-9-12-26(22-30)23-32-3)29-18-20-33(21-19-29)24-25-10-7-6-8-11-25/h6-17,22,29,32H,4-5,18-21,23-24H2,1-3H3. The molecule has 1 N–H and O–H groups in total. The van der Waals surface area contributed by atoms with Crippen molar-refractivity contribution in [3.63, 3.8) is 0 Å². The fraction of sp³-hybridized carbons (Fsp3) is 0.387. The maximum atomic E-state index is 12.9. The maximum absolute atomic E-state index is 12.9. The third-order valence-corrected chi connectivity index (χ3v) is 7.18. The van der Waals surface area contributed by atoms with E-state index >= 15 is 0 Å². The monoisotopic (exact) mass is 484 g/mol. The van der Waals surface area contributed by atoms with Gasteiger partial charge in [-0.05, 0) is 81.3 Å². The summed E-state index contributed by atoms with van der Waals surface area (Å²) in [4.78, 5) is 19.8. The molecule has 36 heavy (non-hydrogen) atoms. The van der Waals surface area contributed by atoms with E-state index in [9.17, 15) is 4.79 Å². The Bertz CT molecular complexity index is 1090. The van der Waals surface area contributed by atoms with Crippen molar-refractivity contribution >= 4 is 17.3 Å². The number of rotatable bonds is 10. The van der Waals surface area contributed by atoms with Gasteiger partial charge in [0.05, 0.1) is 0 Å². The lowest BCUT2D eigenvalue weighted by Gasteiger charge is -2.40. The number of amides is 1. The lowest BCUT2D eigenvalue weighted by molar-refractivity contribution is 0.0773. The zero-order chi connectivity index (χ0) is 25.3. The minimum Gasteiger partial charge on any atom is -0.339 e. The highest BCUT2D eigenvalue weighted by atomic mass is 16.2. The quantitative estimate of drug-likeness (QED) is 0.401. The molecule has 1 heterocycles. The lowest BCUT2D eigenvalue weighted by atomic mass is 9.99. The fourth-order valence-corrected chi connectivity index (χ4v) is 5.23. The Morgan fingerprint density at radius 2 is 1.53 bits per heavy atom. The molecule has 0 bridgehead atoms. The van der Waals surface area contributed by atoms with Crippen LogP contribution in [0.25, 0.3) is 0 Å². The number of carbonyl (C=O) groups excluding carboxylic acids is 1. The molecule has 0 aromatic heterocycles. The second-order valence-corrected chi connectivity index (χ2v) is 9.59. The van der Waals surface area contributed by atoms with Crippen LogP contribution in [0.15, 0.2) is 78.9 Å². The van der Waals surface area contributed by atoms with Gasteiger partial charge in [-0.15, -0.1) is 0 Å². The topological polar surface area (TPSA) is 38.8 Å². The second kappa shape index (κ2) is 12.7. The van der Waals surface area contributed by atoms with Gasteiger partial charge in [0.15, 0.2) is 0 Å². The number of benzene rings is 3. The molecule has 0 spiro atoms. The van der Waals surface area contributed by atoms with Crippen molar-refractivity contribution < 1.29 is 4.79 Å². The minimum atomic E-state index is 0.100. The van der Waals surface area contributed by atoms with E-state index in [0.29, 0.717) is 6.04 Å². The van der Waals surface area contributed by atoms with Crippen molar-refractivity contribution in [1.29, 1.82) is 0 Å². The zero-order valence-electron chi connectivity index (χ0n) is 22.0. The van der Waals surface area contributed by atoms with Crippen LogP contribution in [-0.2, 0) is 13.1 Å². The molecule has 1 amide bonds. The van der Waals surface area contributed by atoms with Crippen LogP contribution in [0.1, 0.15) is 48.2 Å². The van der Waals surface area contributed by atoms with Crippen molar-refractivity contribution in [2.45, 2.75) is 45.8 Å². The van der Waals surface area contributed by atoms with Crippen molar-refractivity contribution in [3.8, 4) is 0 Å². The molecular weight excluding hydrogens is 444 g/mol. The summed E-state index contributed by atoms with van der Waals surface area (Å²) < 4.78 is 0. The van der Waals surface area contributed by atoms with Crippen LogP contribution in [0.2, 0.25) is 0 Å². The summed E-state index contributed by atoms with van der Waals surface area (Å²) >= 11 is 0. The van der Waals surface area contributed by atoms with Crippen molar-refractivity contribution in [3.05, 3.63) is 95.6 Å². The molecule has 0 unspecified atom stereocenters. The number of anilines is 2. The summed E-state index contributed by atoms with van der Waals surface area (Å²) in [6, 6.07) is 28.2. The normalized spacial score (nSPS) is 14.5. The molecule has 3 aromatic carbocycles. The molecule has 1 fully saturated rings. The van der Waals surface area contributed by atoms with Crippen molar-refractivity contribution in [2.75, 3.05) is 38.1 Å². The highest BCUT2D eigenvalue weighted by Gasteiger charge is 2.26. The molecule has 1 aliphatic heterocycles. The predicted octanol–water partition coefficient (Wildman–Crippen LogP) is 5.69. The van der Waals surface area contributed by atoms with Gasteiger partial charge in [0.25, 0.3) is 5.91 Å². The Morgan fingerprint density at radius 3 is 2.17 bits per heavy atom. The summed E-state index contributed by atoms with van der Waals surface area (Å²) in [5.74, 6) is 0.100. The van der Waals surface area contributed by atoms with Crippen molar-refractivity contribution in [1.82, 2.24) is 15.1 Å². The number of piperidine rings is 1. The molecule has 4 rings (SSSR count). The summed E-state index contributed by atoms with van der Waals surface area (Å²) in [5, 5.41) is 3.27. The number of hydrogen-bond acceptors (Lipinski definition) is 4. The van der Waals surface area contributed by atoms with Crippen LogP contribution in [-0.4, -0.2) is 55.0 Å². The Morgan fingerprint density at radius 1 is 0.861 bits per heavy atom. The van der Waals surface area contributed by atoms with Gasteiger partial charge in [0, 0.05) is 62.2 Å². The molecule has 190 valence electrons. The number of hydrogen-bond donors (Lipinski definition) is 1. The molecule has 0 radical (unpaired) electrons. The molecule has 0 aliphatic carbocycles. The first-order chi connectivity index (χ1) is 17.6. The predicted molar refractivity (Wildman–Crippen MR) is 150 cm³/mol. The van der Waals surface area contributed by atoms with Gasteiger partial charge in [-0.1, -0.05) is 42.5 Å². The van der Waals surface area contributed by atoms with Crippen LogP contribution in [0, 0.1) is 0 Å². The lowest BCUT2D eigenvalue weighted by Crippen LogP contribution is -2.43. The fourth-order valence-electron chi connectivity index (χ4n) is 5.23. The van der Waals surface area contributed by atoms with Gasteiger partial charge in [0.1, 0.15) is 0 Å². The average molecular weight is 485 g/mol. The Kier molecular flexibility index (Phi) is 9.15. The molecule has 0 atom stereocenters. The zero-order valence-corrected chi connectivity index (χ0v) is 22.0. The third-order valence-electron chi connectivity index (χ3n) is 7.18. The van der Waals surface area contributed by atoms with E-state index in [2.05, 4.69) is 81.8 Å². The smallest absolute Gasteiger partial charge is 0.253 e. The van der Waals surface area contributed by atoms with E-state index < -0.39 is 0 Å². The number of likely N-dealkylation sites (tertiary alicyclic amines) is 1. The second-order valence-electron chi connectivity index (χ2n) is 9.59. The first-order valence-corrected chi connectivity index (χ1v) is 13.3. The van der Waals surface area contributed by atoms with Crippen LogP contribution in [0.5, 0.6) is 0 Å². The summed E-state index contributed by atoms with van der Waals surface area (Å²) in [6.45, 7) is 9.50. The largest absolute Gasteiger partial charge is 0.339 e. The van der Waals surface area contributed by atoms with Gasteiger partial charge in [-0.3, -0.25) is 9.69 Å². The highest BCUT2D eigenvalue weighted by Crippen LogP contribution is 2.33. The Labute approximate surface area is 216 Å². The van der Waals surface area contributed by atoms with E-state index in [-0.39, 0.29) is 5.91 Å². The van der Waals surface area contributed by atoms with Crippen LogP contribution < -0.4 is 10.2 Å². The van der Waals surface area contributed by atoms with E-state index in [4.69, 9.17) is 0 Å². The summed E-state index contributed by atoms with van der Waals surface area (Å²) in [7, 11) is 1.98. The van der Waals surface area contributed by atoms with E-state index in [1.807, 2.05) is 37.9 Å². The Hall–Kier alpha value is -3.15. The summed E-state index contributed by atoms with van der Waals surface area (Å²) in [6.07, 6.45) is 2.20. The first-order valence-electron chi connectivity index (χ1n) is 13.3.